The second-order valence-corrected chi connectivity index (χ2v) is 6.88. The lowest BCUT2D eigenvalue weighted by atomic mass is 9.96. The summed E-state index contributed by atoms with van der Waals surface area (Å²) in [5.74, 6) is 0.345. The van der Waals surface area contributed by atoms with Crippen molar-refractivity contribution in [2.24, 2.45) is 5.92 Å². The number of rotatable bonds is 5. The molecule has 0 N–H and O–H groups in total. The van der Waals surface area contributed by atoms with E-state index >= 15 is 0 Å². The number of hydrogen-bond acceptors (Lipinski definition) is 6. The van der Waals surface area contributed by atoms with Crippen LogP contribution in [0.2, 0.25) is 0 Å². The highest BCUT2D eigenvalue weighted by molar-refractivity contribution is 5.95. The number of piperidine rings is 1. The zero-order chi connectivity index (χ0) is 17.8. The van der Waals surface area contributed by atoms with Crippen LogP contribution in [0.15, 0.2) is 18.2 Å². The van der Waals surface area contributed by atoms with Gasteiger partial charge in [-0.1, -0.05) is 0 Å². The van der Waals surface area contributed by atoms with E-state index in [1.165, 1.54) is 13.0 Å². The number of carbonyl (C=O) groups is 1. The monoisotopic (exact) mass is 347 g/mol. The minimum Gasteiger partial charge on any atom is -0.379 e. The number of benzene rings is 1. The molecule has 136 valence electrons. The third-order valence-corrected chi connectivity index (χ3v) is 5.06. The van der Waals surface area contributed by atoms with Crippen molar-refractivity contribution >= 4 is 17.2 Å². The Balaban J connectivity index is 1.74. The molecule has 7 heteroatoms. The summed E-state index contributed by atoms with van der Waals surface area (Å²) in [5.41, 5.74) is 1.04. The van der Waals surface area contributed by atoms with Crippen molar-refractivity contribution in [1.82, 2.24) is 4.90 Å². The van der Waals surface area contributed by atoms with Gasteiger partial charge in [0.05, 0.1) is 18.1 Å². The molecular formula is C18H25N3O4. The topological polar surface area (TPSA) is 75.9 Å². The lowest BCUT2D eigenvalue weighted by Crippen LogP contribution is -2.44. The Hall–Kier alpha value is -1.99. The number of ketones is 1. The average Bonchev–Trinajstić information content (AvgIpc) is 2.62. The molecule has 2 heterocycles. The smallest absolute Gasteiger partial charge is 0.293 e. The lowest BCUT2D eigenvalue weighted by molar-refractivity contribution is -0.384. The van der Waals surface area contributed by atoms with Crippen molar-refractivity contribution in [2.45, 2.75) is 19.8 Å². The van der Waals surface area contributed by atoms with Gasteiger partial charge in [-0.3, -0.25) is 19.8 Å². The Morgan fingerprint density at radius 3 is 2.76 bits per heavy atom. The summed E-state index contributed by atoms with van der Waals surface area (Å²) in [5, 5.41) is 11.5. The normalized spacial score (nSPS) is 22.0. The van der Waals surface area contributed by atoms with Gasteiger partial charge in [0, 0.05) is 44.4 Å². The lowest BCUT2D eigenvalue weighted by Gasteiger charge is -2.37. The van der Waals surface area contributed by atoms with Crippen molar-refractivity contribution in [3.63, 3.8) is 0 Å². The van der Waals surface area contributed by atoms with E-state index in [9.17, 15) is 14.9 Å². The summed E-state index contributed by atoms with van der Waals surface area (Å²) in [6.07, 6.45) is 2.17. The van der Waals surface area contributed by atoms with Gasteiger partial charge in [-0.15, -0.1) is 0 Å². The number of nitrogens with zero attached hydrogens (tertiary/aromatic N) is 3. The number of anilines is 1. The molecule has 1 aromatic rings. The van der Waals surface area contributed by atoms with Crippen molar-refractivity contribution in [3.8, 4) is 0 Å². The molecule has 2 fully saturated rings. The maximum atomic E-state index is 11.5. The highest BCUT2D eigenvalue weighted by Crippen LogP contribution is 2.32. The number of nitro groups is 1. The van der Waals surface area contributed by atoms with E-state index < -0.39 is 0 Å². The molecule has 1 aromatic carbocycles. The highest BCUT2D eigenvalue weighted by Gasteiger charge is 2.27. The Labute approximate surface area is 147 Å². The quantitative estimate of drug-likeness (QED) is 0.462. The summed E-state index contributed by atoms with van der Waals surface area (Å²) in [4.78, 5) is 27.2. The molecule has 2 aliphatic rings. The molecule has 0 saturated carbocycles. The van der Waals surface area contributed by atoms with Crippen LogP contribution in [0.3, 0.4) is 0 Å². The van der Waals surface area contributed by atoms with E-state index in [1.54, 1.807) is 12.1 Å². The van der Waals surface area contributed by atoms with E-state index in [0.29, 0.717) is 17.2 Å². The largest absolute Gasteiger partial charge is 0.379 e. The Morgan fingerprint density at radius 1 is 1.32 bits per heavy atom. The third-order valence-electron chi connectivity index (χ3n) is 5.06. The molecule has 0 aliphatic carbocycles. The van der Waals surface area contributed by atoms with Crippen LogP contribution in [0.1, 0.15) is 30.1 Å². The van der Waals surface area contributed by atoms with Gasteiger partial charge in [0.25, 0.3) is 5.69 Å². The number of hydrogen-bond donors (Lipinski definition) is 0. The standard InChI is InChI=1S/C18H25N3O4/c1-14(22)16-4-5-17(18(11-16)21(23)24)20-6-2-3-15(13-20)12-19-7-9-25-10-8-19/h4-5,11,15H,2-3,6-10,12-13H2,1H3. The molecule has 0 aromatic heterocycles. The van der Waals surface area contributed by atoms with Gasteiger partial charge in [0.15, 0.2) is 5.78 Å². The van der Waals surface area contributed by atoms with Crippen molar-refractivity contribution in [1.29, 1.82) is 0 Å². The van der Waals surface area contributed by atoms with Gasteiger partial charge in [-0.25, -0.2) is 0 Å². The summed E-state index contributed by atoms with van der Waals surface area (Å²) < 4.78 is 5.40. The maximum absolute atomic E-state index is 11.5. The summed E-state index contributed by atoms with van der Waals surface area (Å²) in [6, 6.07) is 4.82. The fourth-order valence-corrected chi connectivity index (χ4v) is 3.74. The molecule has 0 radical (unpaired) electrons. The molecule has 0 bridgehead atoms. The van der Waals surface area contributed by atoms with E-state index in [-0.39, 0.29) is 16.4 Å². The number of Topliss-reactive ketones (excluding diaryl/α,β-unsaturated/α-hetero) is 1. The fraction of sp³-hybridized carbons (Fsp3) is 0.611. The number of morpholine rings is 1. The second kappa shape index (κ2) is 7.93. The molecule has 0 amide bonds. The third kappa shape index (κ3) is 4.35. The van der Waals surface area contributed by atoms with Crippen LogP contribution in [0, 0.1) is 16.0 Å². The van der Waals surface area contributed by atoms with E-state index in [0.717, 1.165) is 58.8 Å². The first-order valence-corrected chi connectivity index (χ1v) is 8.89. The summed E-state index contributed by atoms with van der Waals surface area (Å²) >= 11 is 0. The zero-order valence-corrected chi connectivity index (χ0v) is 14.6. The van der Waals surface area contributed by atoms with Crippen LogP contribution < -0.4 is 4.90 Å². The molecule has 1 atom stereocenters. The highest BCUT2D eigenvalue weighted by atomic mass is 16.6. The van der Waals surface area contributed by atoms with Crippen molar-refractivity contribution in [3.05, 3.63) is 33.9 Å². The number of ether oxygens (including phenoxy) is 1. The first kappa shape index (κ1) is 17.8. The van der Waals surface area contributed by atoms with E-state index in [4.69, 9.17) is 4.74 Å². The number of carbonyl (C=O) groups excluding carboxylic acids is 1. The van der Waals surface area contributed by atoms with Crippen LogP contribution in [0.5, 0.6) is 0 Å². The van der Waals surface area contributed by atoms with Crippen LogP contribution in [0.4, 0.5) is 11.4 Å². The molecule has 7 nitrogen and oxygen atoms in total. The van der Waals surface area contributed by atoms with E-state index in [1.807, 2.05) is 0 Å². The second-order valence-electron chi connectivity index (χ2n) is 6.88. The minimum absolute atomic E-state index is 0.0275. The predicted octanol–water partition coefficient (Wildman–Crippen LogP) is 2.35. The first-order valence-electron chi connectivity index (χ1n) is 8.89. The molecule has 25 heavy (non-hydrogen) atoms. The predicted molar refractivity (Wildman–Crippen MR) is 95.3 cm³/mol. The molecule has 2 aliphatic heterocycles. The number of nitro benzene ring substituents is 1. The van der Waals surface area contributed by atoms with Crippen LogP contribution in [-0.4, -0.2) is 61.5 Å². The molecule has 0 spiro atoms. The Kier molecular flexibility index (Phi) is 5.65. The SMILES string of the molecule is CC(=O)c1ccc(N2CCCC(CN3CCOCC3)C2)c([N+](=O)[O-])c1. The molecular weight excluding hydrogens is 322 g/mol. The Morgan fingerprint density at radius 2 is 2.08 bits per heavy atom. The molecule has 3 rings (SSSR count). The average molecular weight is 347 g/mol. The van der Waals surface area contributed by atoms with Gasteiger partial charge < -0.3 is 9.64 Å². The van der Waals surface area contributed by atoms with Crippen molar-refractivity contribution in [2.75, 3.05) is 50.8 Å². The first-order chi connectivity index (χ1) is 12.0. The Bertz CT molecular complexity index is 643. The minimum atomic E-state index is -0.382. The summed E-state index contributed by atoms with van der Waals surface area (Å²) in [6.45, 7) is 7.57. The van der Waals surface area contributed by atoms with Crippen LogP contribution >= 0.6 is 0 Å². The van der Waals surface area contributed by atoms with Gasteiger partial charge >= 0.3 is 0 Å². The molecule has 1 unspecified atom stereocenters. The zero-order valence-electron chi connectivity index (χ0n) is 14.6. The van der Waals surface area contributed by atoms with Crippen molar-refractivity contribution < 1.29 is 14.5 Å². The fourth-order valence-electron chi connectivity index (χ4n) is 3.74. The van der Waals surface area contributed by atoms with Gasteiger partial charge in [0.1, 0.15) is 5.69 Å². The summed E-state index contributed by atoms with van der Waals surface area (Å²) in [7, 11) is 0. The van der Waals surface area contributed by atoms with Gasteiger partial charge in [-0.05, 0) is 37.8 Å². The van der Waals surface area contributed by atoms with Crippen LogP contribution in [0.25, 0.3) is 0 Å². The maximum Gasteiger partial charge on any atom is 0.293 e. The van der Waals surface area contributed by atoms with Crippen LogP contribution in [-0.2, 0) is 4.74 Å². The molecule has 2 saturated heterocycles. The van der Waals surface area contributed by atoms with Gasteiger partial charge in [-0.2, -0.15) is 0 Å². The van der Waals surface area contributed by atoms with Gasteiger partial charge in [0.2, 0.25) is 0 Å². The van der Waals surface area contributed by atoms with E-state index in [2.05, 4.69) is 9.80 Å².